The molecule has 4 nitrogen and oxygen atoms in total. The molecular weight excluding hydrogens is 374 g/mol. The van der Waals surface area contributed by atoms with Crippen LogP contribution in [0.15, 0.2) is 53.7 Å². The van der Waals surface area contributed by atoms with E-state index in [1.165, 1.54) is 5.56 Å². The van der Waals surface area contributed by atoms with Crippen molar-refractivity contribution in [1.29, 1.82) is 0 Å². The van der Waals surface area contributed by atoms with Gasteiger partial charge in [0.15, 0.2) is 0 Å². The van der Waals surface area contributed by atoms with E-state index in [4.69, 9.17) is 14.3 Å². The van der Waals surface area contributed by atoms with Crippen LogP contribution in [-0.2, 0) is 11.3 Å². The highest BCUT2D eigenvalue weighted by molar-refractivity contribution is 6.03. The summed E-state index contributed by atoms with van der Waals surface area (Å²) >= 11 is 0. The van der Waals surface area contributed by atoms with Crippen LogP contribution in [-0.4, -0.2) is 26.0 Å². The van der Waals surface area contributed by atoms with Crippen molar-refractivity contribution < 1.29 is 14.3 Å². The van der Waals surface area contributed by atoms with E-state index in [-0.39, 0.29) is 5.41 Å². The molecule has 2 aromatic carbocycles. The number of allylic oxidation sites excluding steroid dienone is 1. The van der Waals surface area contributed by atoms with Crippen molar-refractivity contribution in [2.45, 2.75) is 48.0 Å². The van der Waals surface area contributed by atoms with E-state index < -0.39 is 0 Å². The van der Waals surface area contributed by atoms with Gasteiger partial charge in [-0.25, -0.2) is 0 Å². The van der Waals surface area contributed by atoms with E-state index in [9.17, 15) is 0 Å². The minimum Gasteiger partial charge on any atom is -0.493 e. The molecule has 0 bridgehead atoms. The van der Waals surface area contributed by atoms with Crippen molar-refractivity contribution in [2.24, 2.45) is 10.6 Å². The largest absolute Gasteiger partial charge is 0.493 e. The molecular formula is C26H35NO3. The minimum absolute atomic E-state index is 0.0849. The van der Waals surface area contributed by atoms with Gasteiger partial charge in [0, 0.05) is 11.8 Å². The third kappa shape index (κ3) is 6.65. The summed E-state index contributed by atoms with van der Waals surface area (Å²) in [4.78, 5) is 5.04. The second-order valence-electron chi connectivity index (χ2n) is 8.43. The van der Waals surface area contributed by atoms with Crippen LogP contribution in [0.3, 0.4) is 0 Å². The molecule has 0 saturated carbocycles. The molecule has 0 radical (unpaired) electrons. The standard InChI is InChI=1S/C26H35NO3/c1-8-9-15-29-23-17-19(2)24(20(3)18-23)30-16-14-21-10-12-22(13-11-21)25(27-28-7)26(4,5)6/h8-13,17-18H,14-16H2,1-7H3/b9-8+,27-25-. The number of nitrogens with zero attached hydrogens (tertiary/aromatic N) is 1. The summed E-state index contributed by atoms with van der Waals surface area (Å²) in [7, 11) is 1.59. The van der Waals surface area contributed by atoms with Crippen LogP contribution < -0.4 is 9.47 Å². The second-order valence-corrected chi connectivity index (χ2v) is 8.43. The zero-order valence-corrected chi connectivity index (χ0v) is 19.4. The van der Waals surface area contributed by atoms with Gasteiger partial charge >= 0.3 is 0 Å². The van der Waals surface area contributed by atoms with Gasteiger partial charge in [0.2, 0.25) is 0 Å². The van der Waals surface area contributed by atoms with Crippen molar-refractivity contribution in [3.8, 4) is 11.5 Å². The van der Waals surface area contributed by atoms with Gasteiger partial charge in [-0.15, -0.1) is 0 Å². The predicted molar refractivity (Wildman–Crippen MR) is 125 cm³/mol. The number of benzene rings is 2. The monoisotopic (exact) mass is 409 g/mol. The molecule has 0 spiro atoms. The molecule has 162 valence electrons. The molecule has 0 aliphatic carbocycles. The number of hydrogen-bond donors (Lipinski definition) is 0. The maximum atomic E-state index is 6.11. The smallest absolute Gasteiger partial charge is 0.125 e. The Morgan fingerprint density at radius 3 is 2.17 bits per heavy atom. The molecule has 30 heavy (non-hydrogen) atoms. The third-order valence-electron chi connectivity index (χ3n) is 4.77. The topological polar surface area (TPSA) is 40.0 Å². The summed E-state index contributed by atoms with van der Waals surface area (Å²) in [5.41, 5.74) is 5.34. The fourth-order valence-electron chi connectivity index (χ4n) is 3.28. The van der Waals surface area contributed by atoms with Crippen molar-refractivity contribution in [1.82, 2.24) is 0 Å². The Labute approximate surface area is 181 Å². The van der Waals surface area contributed by atoms with Crippen molar-refractivity contribution in [3.05, 3.63) is 70.8 Å². The Hall–Kier alpha value is -2.75. The van der Waals surface area contributed by atoms with Crippen molar-refractivity contribution in [2.75, 3.05) is 20.3 Å². The van der Waals surface area contributed by atoms with Crippen molar-refractivity contribution in [3.63, 3.8) is 0 Å². The van der Waals surface area contributed by atoms with E-state index in [0.29, 0.717) is 13.2 Å². The van der Waals surface area contributed by atoms with Crippen LogP contribution in [0.5, 0.6) is 11.5 Å². The van der Waals surface area contributed by atoms with E-state index in [1.54, 1.807) is 7.11 Å². The average molecular weight is 410 g/mol. The summed E-state index contributed by atoms with van der Waals surface area (Å²) in [6, 6.07) is 12.5. The minimum atomic E-state index is -0.0849. The number of hydrogen-bond acceptors (Lipinski definition) is 4. The predicted octanol–water partition coefficient (Wildman–Crippen LogP) is 6.28. The molecule has 2 rings (SSSR count). The lowest BCUT2D eigenvalue weighted by Crippen LogP contribution is -2.21. The summed E-state index contributed by atoms with van der Waals surface area (Å²) in [6.07, 6.45) is 4.81. The van der Waals surface area contributed by atoms with Gasteiger partial charge in [0.1, 0.15) is 25.2 Å². The highest BCUT2D eigenvalue weighted by Gasteiger charge is 2.21. The Bertz CT molecular complexity index is 851. The van der Waals surface area contributed by atoms with Gasteiger partial charge in [-0.05, 0) is 55.2 Å². The van der Waals surface area contributed by atoms with E-state index in [2.05, 4.69) is 64.0 Å². The third-order valence-corrected chi connectivity index (χ3v) is 4.77. The fraction of sp³-hybridized carbons (Fsp3) is 0.423. The molecule has 0 unspecified atom stereocenters. The van der Waals surface area contributed by atoms with Gasteiger partial charge in [0.05, 0.1) is 12.3 Å². The van der Waals surface area contributed by atoms with E-state index >= 15 is 0 Å². The summed E-state index contributed by atoms with van der Waals surface area (Å²) in [6.45, 7) is 13.7. The lowest BCUT2D eigenvalue weighted by Gasteiger charge is -2.21. The molecule has 0 N–H and O–H groups in total. The zero-order valence-electron chi connectivity index (χ0n) is 19.4. The highest BCUT2D eigenvalue weighted by atomic mass is 16.6. The molecule has 0 aromatic heterocycles. The van der Waals surface area contributed by atoms with Crippen LogP contribution in [0.1, 0.15) is 49.9 Å². The number of ether oxygens (including phenoxy) is 2. The van der Waals surface area contributed by atoms with Gasteiger partial charge in [0.25, 0.3) is 0 Å². The first-order valence-electron chi connectivity index (χ1n) is 10.4. The van der Waals surface area contributed by atoms with E-state index in [0.717, 1.165) is 40.3 Å². The fourth-order valence-corrected chi connectivity index (χ4v) is 3.28. The quantitative estimate of drug-likeness (QED) is 0.278. The lowest BCUT2D eigenvalue weighted by molar-refractivity contribution is 0.209. The van der Waals surface area contributed by atoms with Gasteiger partial charge in [-0.2, -0.15) is 0 Å². The molecule has 0 fully saturated rings. The maximum absolute atomic E-state index is 6.11. The summed E-state index contributed by atoms with van der Waals surface area (Å²) < 4.78 is 11.9. The number of oxime groups is 1. The van der Waals surface area contributed by atoms with E-state index in [1.807, 2.05) is 31.2 Å². The molecule has 0 aliphatic rings. The molecule has 2 aromatic rings. The molecule has 0 aliphatic heterocycles. The first-order valence-corrected chi connectivity index (χ1v) is 10.4. The maximum Gasteiger partial charge on any atom is 0.125 e. The molecule has 0 heterocycles. The van der Waals surface area contributed by atoms with Crippen LogP contribution in [0, 0.1) is 19.3 Å². The van der Waals surface area contributed by atoms with Gasteiger partial charge < -0.3 is 14.3 Å². The number of rotatable bonds is 9. The van der Waals surface area contributed by atoms with Crippen LogP contribution in [0.2, 0.25) is 0 Å². The Morgan fingerprint density at radius 2 is 1.63 bits per heavy atom. The highest BCUT2D eigenvalue weighted by Crippen LogP contribution is 2.29. The Morgan fingerprint density at radius 1 is 1.00 bits per heavy atom. The van der Waals surface area contributed by atoms with Crippen molar-refractivity contribution >= 4 is 5.71 Å². The number of aryl methyl sites for hydroxylation is 2. The van der Waals surface area contributed by atoms with Crippen LogP contribution in [0.25, 0.3) is 0 Å². The summed E-state index contributed by atoms with van der Waals surface area (Å²) in [5, 5.41) is 4.23. The first kappa shape index (κ1) is 23.5. The van der Waals surface area contributed by atoms with Crippen LogP contribution >= 0.6 is 0 Å². The molecule has 0 saturated heterocycles. The second kappa shape index (κ2) is 10.9. The Kier molecular flexibility index (Phi) is 8.52. The molecule has 4 heteroatoms. The zero-order chi connectivity index (χ0) is 22.1. The average Bonchev–Trinajstić information content (AvgIpc) is 2.68. The van der Waals surface area contributed by atoms with Gasteiger partial charge in [-0.1, -0.05) is 62.3 Å². The molecule has 0 amide bonds. The summed E-state index contributed by atoms with van der Waals surface area (Å²) in [5.74, 6) is 1.81. The lowest BCUT2D eigenvalue weighted by atomic mass is 9.85. The first-order chi connectivity index (χ1) is 14.3. The van der Waals surface area contributed by atoms with Gasteiger partial charge in [-0.3, -0.25) is 0 Å². The normalized spacial score (nSPS) is 12.3. The molecule has 0 atom stereocenters. The Balaban J connectivity index is 1.99. The van der Waals surface area contributed by atoms with Crippen LogP contribution in [0.4, 0.5) is 0 Å². The SMILES string of the molecule is C/C=C/COc1cc(C)c(OCCc2ccc(/C(=N/OC)C(C)(C)C)cc2)c(C)c1.